The second-order valence-corrected chi connectivity index (χ2v) is 7.16. The fourth-order valence-corrected chi connectivity index (χ4v) is 3.80. The monoisotopic (exact) mass is 334 g/mol. The summed E-state index contributed by atoms with van der Waals surface area (Å²) in [6, 6.07) is 0. The van der Waals surface area contributed by atoms with Crippen molar-refractivity contribution < 1.29 is 4.79 Å². The molecule has 1 aliphatic heterocycles. The number of carbonyl (C=O) groups excluding carboxylic acids is 1. The molecule has 1 atom stereocenters. The lowest BCUT2D eigenvalue weighted by molar-refractivity contribution is -0.116. The van der Waals surface area contributed by atoms with Gasteiger partial charge in [0.2, 0.25) is 11.0 Å². The quantitative estimate of drug-likeness (QED) is 0.876. The predicted molar refractivity (Wildman–Crippen MR) is 90.3 cm³/mol. The average Bonchev–Trinajstić information content (AvgIpc) is 3.14. The van der Waals surface area contributed by atoms with Crippen LogP contribution in [0.3, 0.4) is 0 Å². The number of rotatable bonds is 5. The van der Waals surface area contributed by atoms with Crippen LogP contribution in [0.15, 0.2) is 6.20 Å². The van der Waals surface area contributed by atoms with E-state index in [4.69, 9.17) is 0 Å². The number of aryl methyl sites for hydroxylation is 1. The number of hydrogen-bond donors (Lipinski definition) is 2. The summed E-state index contributed by atoms with van der Waals surface area (Å²) in [5.41, 5.74) is 1.87. The zero-order valence-electron chi connectivity index (χ0n) is 13.5. The SMILES string of the molecule is Cc1[nH]ncc1-c1nnc(NC(=O)CCC2CCCN(C)C2)s1. The van der Waals surface area contributed by atoms with Crippen LogP contribution in [0.4, 0.5) is 5.13 Å². The second kappa shape index (κ2) is 7.18. The van der Waals surface area contributed by atoms with Crippen LogP contribution < -0.4 is 5.32 Å². The van der Waals surface area contributed by atoms with Crippen LogP contribution in [0.5, 0.6) is 0 Å². The van der Waals surface area contributed by atoms with Gasteiger partial charge >= 0.3 is 0 Å². The Bertz CT molecular complexity index is 666. The summed E-state index contributed by atoms with van der Waals surface area (Å²) in [6.45, 7) is 4.20. The van der Waals surface area contributed by atoms with E-state index in [9.17, 15) is 4.79 Å². The number of aromatic nitrogens is 4. The van der Waals surface area contributed by atoms with Gasteiger partial charge in [-0.25, -0.2) is 0 Å². The molecule has 0 spiro atoms. The first kappa shape index (κ1) is 16.1. The van der Waals surface area contributed by atoms with E-state index in [-0.39, 0.29) is 5.91 Å². The van der Waals surface area contributed by atoms with Crippen molar-refractivity contribution in [3.8, 4) is 10.6 Å². The standard InChI is InChI=1S/C15H22N6OS/c1-10-12(8-16-18-10)14-19-20-15(23-14)17-13(22)6-5-11-4-3-7-21(2)9-11/h8,11H,3-7,9H2,1-2H3,(H,16,18)(H,17,20,22). The molecule has 23 heavy (non-hydrogen) atoms. The van der Waals surface area contributed by atoms with Gasteiger partial charge in [-0.15, -0.1) is 10.2 Å². The summed E-state index contributed by atoms with van der Waals surface area (Å²) in [5.74, 6) is 0.642. The first-order chi connectivity index (χ1) is 11.1. The average molecular weight is 334 g/mol. The van der Waals surface area contributed by atoms with Gasteiger partial charge < -0.3 is 10.2 Å². The Kier molecular flexibility index (Phi) is 5.02. The largest absolute Gasteiger partial charge is 0.306 e. The molecule has 1 aliphatic rings. The van der Waals surface area contributed by atoms with Gasteiger partial charge in [0.15, 0.2) is 5.01 Å². The van der Waals surface area contributed by atoms with Gasteiger partial charge in [-0.2, -0.15) is 5.10 Å². The van der Waals surface area contributed by atoms with Crippen molar-refractivity contribution in [2.75, 3.05) is 25.5 Å². The Hall–Kier alpha value is -1.80. The fourth-order valence-electron chi connectivity index (χ4n) is 2.97. The maximum Gasteiger partial charge on any atom is 0.226 e. The number of piperidine rings is 1. The third kappa shape index (κ3) is 4.14. The highest BCUT2D eigenvalue weighted by molar-refractivity contribution is 7.18. The Morgan fingerprint density at radius 2 is 2.39 bits per heavy atom. The first-order valence-electron chi connectivity index (χ1n) is 7.94. The van der Waals surface area contributed by atoms with E-state index in [1.54, 1.807) is 6.20 Å². The normalized spacial score (nSPS) is 19.0. The summed E-state index contributed by atoms with van der Waals surface area (Å²) < 4.78 is 0. The minimum atomic E-state index is 0.0184. The zero-order chi connectivity index (χ0) is 16.2. The molecule has 3 heterocycles. The maximum atomic E-state index is 12.1. The molecule has 0 radical (unpaired) electrons. The number of aromatic amines is 1. The number of H-pyrrole nitrogens is 1. The number of nitrogens with one attached hydrogen (secondary N) is 2. The number of amides is 1. The highest BCUT2D eigenvalue weighted by atomic mass is 32.1. The van der Waals surface area contributed by atoms with Crippen molar-refractivity contribution in [2.45, 2.75) is 32.6 Å². The summed E-state index contributed by atoms with van der Waals surface area (Å²) >= 11 is 1.37. The Morgan fingerprint density at radius 1 is 1.52 bits per heavy atom. The number of nitrogens with zero attached hydrogens (tertiary/aromatic N) is 4. The predicted octanol–water partition coefficient (Wildman–Crippen LogP) is 2.30. The van der Waals surface area contributed by atoms with E-state index in [1.807, 2.05) is 6.92 Å². The van der Waals surface area contributed by atoms with Crippen molar-refractivity contribution in [1.82, 2.24) is 25.3 Å². The van der Waals surface area contributed by atoms with Gasteiger partial charge in [0, 0.05) is 18.7 Å². The smallest absolute Gasteiger partial charge is 0.226 e. The molecule has 2 aromatic rings. The number of likely N-dealkylation sites (tertiary alicyclic amines) is 1. The summed E-state index contributed by atoms with van der Waals surface area (Å²) in [5, 5.41) is 19.2. The number of anilines is 1. The lowest BCUT2D eigenvalue weighted by Crippen LogP contribution is -2.32. The van der Waals surface area contributed by atoms with E-state index in [1.165, 1.54) is 30.7 Å². The molecule has 1 amide bonds. The number of carbonyl (C=O) groups is 1. The summed E-state index contributed by atoms with van der Waals surface area (Å²) in [6.07, 6.45) is 5.65. The molecule has 7 nitrogen and oxygen atoms in total. The van der Waals surface area contributed by atoms with Crippen LogP contribution in [0.1, 0.15) is 31.4 Å². The Morgan fingerprint density at radius 3 is 3.13 bits per heavy atom. The van der Waals surface area contributed by atoms with Crippen LogP contribution in [-0.2, 0) is 4.79 Å². The van der Waals surface area contributed by atoms with Gasteiger partial charge in [-0.1, -0.05) is 11.3 Å². The lowest BCUT2D eigenvalue weighted by atomic mass is 9.93. The van der Waals surface area contributed by atoms with Gasteiger partial charge in [0.1, 0.15) is 0 Å². The molecule has 2 aromatic heterocycles. The van der Waals surface area contributed by atoms with Crippen LogP contribution in [0, 0.1) is 12.8 Å². The Balaban J connectivity index is 1.50. The van der Waals surface area contributed by atoms with E-state index in [0.29, 0.717) is 17.5 Å². The van der Waals surface area contributed by atoms with E-state index in [0.717, 1.165) is 29.2 Å². The molecule has 0 aromatic carbocycles. The van der Waals surface area contributed by atoms with Crippen molar-refractivity contribution in [3.63, 3.8) is 0 Å². The fraction of sp³-hybridized carbons (Fsp3) is 0.600. The Labute approximate surface area is 139 Å². The van der Waals surface area contributed by atoms with E-state index >= 15 is 0 Å². The van der Waals surface area contributed by atoms with Crippen molar-refractivity contribution in [3.05, 3.63) is 11.9 Å². The lowest BCUT2D eigenvalue weighted by Gasteiger charge is -2.29. The maximum absolute atomic E-state index is 12.1. The van der Waals surface area contributed by atoms with Crippen LogP contribution in [0.2, 0.25) is 0 Å². The summed E-state index contributed by atoms with van der Waals surface area (Å²) in [7, 11) is 2.15. The van der Waals surface area contributed by atoms with Crippen molar-refractivity contribution in [2.24, 2.45) is 5.92 Å². The molecule has 0 aliphatic carbocycles. The third-order valence-electron chi connectivity index (χ3n) is 4.23. The molecule has 1 saturated heterocycles. The van der Waals surface area contributed by atoms with Gasteiger partial charge in [0.25, 0.3) is 0 Å². The van der Waals surface area contributed by atoms with Gasteiger partial charge in [-0.3, -0.25) is 9.89 Å². The molecule has 0 bridgehead atoms. The number of hydrogen-bond acceptors (Lipinski definition) is 6. The topological polar surface area (TPSA) is 86.8 Å². The minimum Gasteiger partial charge on any atom is -0.306 e. The molecule has 1 unspecified atom stereocenters. The second-order valence-electron chi connectivity index (χ2n) is 6.18. The minimum absolute atomic E-state index is 0.0184. The zero-order valence-corrected chi connectivity index (χ0v) is 14.3. The van der Waals surface area contributed by atoms with Crippen molar-refractivity contribution in [1.29, 1.82) is 0 Å². The van der Waals surface area contributed by atoms with Crippen LogP contribution in [-0.4, -0.2) is 51.3 Å². The van der Waals surface area contributed by atoms with E-state index < -0.39 is 0 Å². The van der Waals surface area contributed by atoms with E-state index in [2.05, 4.69) is 37.7 Å². The molecule has 2 N–H and O–H groups in total. The van der Waals surface area contributed by atoms with Crippen LogP contribution >= 0.6 is 11.3 Å². The molecular weight excluding hydrogens is 312 g/mol. The van der Waals surface area contributed by atoms with Crippen LogP contribution in [0.25, 0.3) is 10.6 Å². The molecule has 8 heteroatoms. The van der Waals surface area contributed by atoms with Crippen molar-refractivity contribution >= 4 is 22.4 Å². The molecule has 0 saturated carbocycles. The highest BCUT2D eigenvalue weighted by Gasteiger charge is 2.18. The highest BCUT2D eigenvalue weighted by Crippen LogP contribution is 2.28. The molecule has 124 valence electrons. The van der Waals surface area contributed by atoms with Gasteiger partial charge in [0.05, 0.1) is 11.8 Å². The summed E-state index contributed by atoms with van der Waals surface area (Å²) in [4.78, 5) is 14.4. The first-order valence-corrected chi connectivity index (χ1v) is 8.75. The third-order valence-corrected chi connectivity index (χ3v) is 5.11. The molecule has 1 fully saturated rings. The molecular formula is C15H22N6OS. The van der Waals surface area contributed by atoms with Gasteiger partial charge in [-0.05, 0) is 45.7 Å². The molecule has 3 rings (SSSR count).